The fourth-order valence-corrected chi connectivity index (χ4v) is 9.72. The molecule has 0 fully saturated rings. The third-order valence-electron chi connectivity index (χ3n) is 7.29. The third-order valence-corrected chi connectivity index (χ3v) is 14.1. The molecule has 0 aromatic heterocycles. The zero-order valence-electron chi connectivity index (χ0n) is 33.8. The number of hydrogen-bond acceptors (Lipinski definition) is 27. The second kappa shape index (κ2) is 25.6. The molecule has 0 spiro atoms. The Hall–Kier alpha value is 0.310. The van der Waals surface area contributed by atoms with Crippen molar-refractivity contribution in [2.24, 2.45) is 20.5 Å². The molecule has 0 aliphatic rings. The van der Waals surface area contributed by atoms with E-state index in [1.165, 1.54) is 0 Å². The van der Waals surface area contributed by atoms with E-state index in [2.05, 4.69) is 28.8 Å². The molecule has 3 N–H and O–H groups in total. The van der Waals surface area contributed by atoms with Crippen LogP contribution >= 0.6 is 0 Å². The van der Waals surface area contributed by atoms with E-state index in [0.717, 1.165) is 24.3 Å². The molecule has 0 saturated carbocycles. The van der Waals surface area contributed by atoms with Crippen LogP contribution in [0.5, 0.6) is 5.75 Å². The van der Waals surface area contributed by atoms with Gasteiger partial charge in [-0.25, -0.2) is 58.9 Å². The van der Waals surface area contributed by atoms with Crippen LogP contribution in [-0.2, 0) is 79.2 Å². The van der Waals surface area contributed by atoms with Crippen molar-refractivity contribution in [1.82, 2.24) is 0 Å². The number of rotatable bonds is 17. The molecule has 0 atom stereocenters. The van der Waals surface area contributed by atoms with Gasteiger partial charge in [0.05, 0.1) is 66.0 Å². The maximum Gasteiger partial charge on any atom is 1.00 e. The number of azo groups is 2. The molecule has 0 saturated heterocycles. The SMILES string of the molecule is Nc1c(N=Nc2ccc(S(=O)(=O)CCOS(=O)(=O)[O-])cc2)c(S(=O)(=O)[O-])cc2cc(S(=O)(=O)[O-])c(N=Nc3ccc(S(=O)(=O)CCOS(=O)(=O)[O-])cc3S(=O)(=O)[O-])c(O)c12.[Na+].[Na+].[Na+].[Na+].[Na+]. The van der Waals surface area contributed by atoms with Gasteiger partial charge in [-0.15, -0.1) is 15.3 Å². The molecule has 0 aliphatic heterocycles. The van der Waals surface area contributed by atoms with Gasteiger partial charge in [0.1, 0.15) is 47.4 Å². The summed E-state index contributed by atoms with van der Waals surface area (Å²) in [6.07, 6.45) is 0. The Bertz CT molecular complexity index is 3290. The van der Waals surface area contributed by atoms with Crippen LogP contribution < -0.4 is 154 Å². The molecule has 4 rings (SSSR count). The third kappa shape index (κ3) is 18.8. The predicted molar refractivity (Wildman–Crippen MR) is 191 cm³/mol. The molecule has 0 unspecified atom stereocenters. The molecule has 328 valence electrons. The van der Waals surface area contributed by atoms with Crippen molar-refractivity contribution in [3.05, 3.63) is 54.6 Å². The van der Waals surface area contributed by atoms with Crippen molar-refractivity contribution in [2.45, 2.75) is 24.5 Å². The van der Waals surface area contributed by atoms with Crippen LogP contribution in [0.15, 0.2) is 99.5 Å². The van der Waals surface area contributed by atoms with Crippen LogP contribution in [0.2, 0.25) is 0 Å². The number of aromatic hydroxyl groups is 1. The van der Waals surface area contributed by atoms with E-state index in [1.807, 2.05) is 0 Å². The van der Waals surface area contributed by atoms with E-state index in [0.29, 0.717) is 24.3 Å². The topological polar surface area (TPSA) is 468 Å². The van der Waals surface area contributed by atoms with Crippen molar-refractivity contribution < 1.29 is 243 Å². The average Bonchev–Trinajstić information content (AvgIpc) is 3.08. The molecule has 4 aromatic carbocycles. The number of benzene rings is 4. The summed E-state index contributed by atoms with van der Waals surface area (Å²) in [6, 6.07) is 5.88. The number of nitrogen functional groups attached to an aromatic ring is 1. The van der Waals surface area contributed by atoms with E-state index in [1.54, 1.807) is 0 Å². The first kappa shape index (κ1) is 67.4. The fourth-order valence-electron chi connectivity index (χ4n) is 4.72. The predicted octanol–water partition coefficient (Wildman–Crippen LogP) is -14.8. The van der Waals surface area contributed by atoms with Crippen LogP contribution in [0, 0.1) is 0 Å². The second-order valence-corrected chi connectivity index (χ2v) is 21.7. The summed E-state index contributed by atoms with van der Waals surface area (Å²) in [5, 5.41) is 23.7. The van der Waals surface area contributed by atoms with Gasteiger partial charge in [-0.2, -0.15) is 5.11 Å². The maximum absolute atomic E-state index is 12.6. The van der Waals surface area contributed by atoms with Gasteiger partial charge in [0.15, 0.2) is 25.4 Å². The number of phenols is 1. The normalized spacial score (nSPS) is 12.7. The standard InChI is InChI=1S/C26H25N5O22S7.5Na/c27-23-22-14(11-20(57(40,41)42)24(23)30-28-15-1-3-16(4-2-15)54(33,34)9-7-52-59(46,47)48)12-21(58(43,44)45)25(26(22)32)31-29-18-6-5-17(13-19(18)56(37,38)39)55(35,36)10-8-53-60(49,50)51;;;;;/h1-6,11-13,32H,7-10,27H2,(H,37,38,39)(H,40,41,42)(H,43,44,45)(H,46,47,48)(H,49,50,51);;;;;/q;5*+1/p-5. The number of fused-ring (bicyclic) bond motifs is 1. The molecule has 0 bridgehead atoms. The molecule has 0 heterocycles. The summed E-state index contributed by atoms with van der Waals surface area (Å²) in [7, 11) is -36.6. The molecule has 0 amide bonds. The average molecular weight is 1090 g/mol. The minimum atomic E-state index is -5.78. The molecule has 0 aliphatic carbocycles. The summed E-state index contributed by atoms with van der Waals surface area (Å²) in [5.41, 5.74) is 1.41. The van der Waals surface area contributed by atoms with Crippen LogP contribution in [0.4, 0.5) is 28.4 Å². The minimum Gasteiger partial charge on any atom is -0.744 e. The first-order valence-electron chi connectivity index (χ1n) is 14.9. The number of sulfone groups is 2. The van der Waals surface area contributed by atoms with Crippen LogP contribution in [-0.4, -0.2) is 112 Å². The summed E-state index contributed by atoms with van der Waals surface area (Å²) >= 11 is 0. The number of nitrogens with zero attached hydrogens (tertiary/aromatic N) is 4. The van der Waals surface area contributed by atoms with E-state index in [9.17, 15) is 86.8 Å². The molecule has 65 heavy (non-hydrogen) atoms. The van der Waals surface area contributed by atoms with Gasteiger partial charge in [0.2, 0.25) is 20.8 Å². The summed E-state index contributed by atoms with van der Waals surface area (Å²) < 4.78 is 231. The number of nitrogens with two attached hydrogens (primary N) is 1. The molecular formula is C26H20N5Na5O22S7. The van der Waals surface area contributed by atoms with Crippen LogP contribution in [0.3, 0.4) is 0 Å². The Morgan fingerprint density at radius 1 is 0.508 bits per heavy atom. The van der Waals surface area contributed by atoms with Gasteiger partial charge < -0.3 is 33.6 Å². The second-order valence-electron chi connectivity index (χ2n) is 11.3. The van der Waals surface area contributed by atoms with Crippen molar-refractivity contribution in [3.8, 4) is 5.75 Å². The van der Waals surface area contributed by atoms with Crippen LogP contribution in [0.1, 0.15) is 0 Å². The zero-order chi connectivity index (χ0) is 45.4. The monoisotopic (exact) mass is 1090 g/mol. The molecule has 39 heteroatoms. The van der Waals surface area contributed by atoms with Crippen molar-refractivity contribution in [2.75, 3.05) is 30.5 Å². The van der Waals surface area contributed by atoms with Crippen molar-refractivity contribution in [1.29, 1.82) is 0 Å². The van der Waals surface area contributed by atoms with E-state index in [4.69, 9.17) is 5.73 Å². The Kier molecular flexibility index (Phi) is 26.6. The summed E-state index contributed by atoms with van der Waals surface area (Å²) in [4.78, 5) is -5.68. The molecule has 27 nitrogen and oxygen atoms in total. The smallest absolute Gasteiger partial charge is 0.744 e. The van der Waals surface area contributed by atoms with Gasteiger partial charge in [-0.05, 0) is 60.0 Å². The van der Waals surface area contributed by atoms with Gasteiger partial charge >= 0.3 is 148 Å². The molecule has 0 radical (unpaired) electrons. The number of phenolic OH excluding ortho intramolecular Hbond substituents is 1. The largest absolute Gasteiger partial charge is 1.00 e. The Morgan fingerprint density at radius 3 is 1.34 bits per heavy atom. The van der Waals surface area contributed by atoms with E-state index < -0.39 is 159 Å². The molecule has 4 aromatic rings. The first-order chi connectivity index (χ1) is 27.2. The minimum absolute atomic E-state index is 0. The summed E-state index contributed by atoms with van der Waals surface area (Å²) in [6.45, 7) is -2.25. The van der Waals surface area contributed by atoms with E-state index in [-0.39, 0.29) is 160 Å². The number of anilines is 1. The summed E-state index contributed by atoms with van der Waals surface area (Å²) in [5.74, 6) is -3.60. The van der Waals surface area contributed by atoms with Gasteiger partial charge in [0, 0.05) is 0 Å². The van der Waals surface area contributed by atoms with Crippen molar-refractivity contribution in [3.63, 3.8) is 0 Å². The molecular weight excluding hydrogens is 1070 g/mol. The Morgan fingerprint density at radius 2 is 0.908 bits per heavy atom. The first-order valence-corrected chi connectivity index (χ1v) is 25.1. The van der Waals surface area contributed by atoms with Gasteiger partial charge in [-0.1, -0.05) is 0 Å². The quantitative estimate of drug-likeness (QED) is 0.0326. The van der Waals surface area contributed by atoms with Gasteiger partial charge in [0.25, 0.3) is 0 Å². The number of hydrogen-bond donors (Lipinski definition) is 2. The Labute approximate surface area is 481 Å². The van der Waals surface area contributed by atoms with Crippen LogP contribution in [0.25, 0.3) is 10.8 Å². The van der Waals surface area contributed by atoms with Gasteiger partial charge in [-0.3, -0.25) is 8.37 Å². The fraction of sp³-hybridized carbons (Fsp3) is 0.154. The van der Waals surface area contributed by atoms with Crippen molar-refractivity contribution >= 4 is 110 Å². The zero-order valence-corrected chi connectivity index (χ0v) is 49.5. The van der Waals surface area contributed by atoms with E-state index >= 15 is 0 Å². The maximum atomic E-state index is 12.6. The Balaban J connectivity index is 0.